The molecule has 0 unspecified atom stereocenters. The molecule has 0 aliphatic carbocycles. The van der Waals surface area contributed by atoms with Crippen LogP contribution in [-0.4, -0.2) is 65.1 Å². The predicted octanol–water partition coefficient (Wildman–Crippen LogP) is -1.14. The minimum Gasteiger partial charge on any atom is -0.496 e. The molecule has 2 aliphatic rings. The monoisotopic (exact) mass is 325 g/mol. The summed E-state index contributed by atoms with van der Waals surface area (Å²) in [5.74, 6) is 0.553. The zero-order valence-electron chi connectivity index (χ0n) is 13.0. The van der Waals surface area contributed by atoms with E-state index in [1.165, 1.54) is 7.11 Å². The standard InChI is InChI=1S/C16H23NO6/c1-22-11-5-9-6-17-3-2-8(9)4-10(11)16-15(21)14(20)13(19)12(7-18)23-16/h4-5,12-21H,2-3,6-7H2,1H3/t12-,13-,14+,15-,16+/m1/s1. The number of benzene rings is 1. The number of aliphatic hydroxyl groups excluding tert-OH is 4. The molecule has 3 rings (SSSR count). The Labute approximate surface area is 134 Å². The number of hydrogen-bond donors (Lipinski definition) is 5. The Morgan fingerprint density at radius 3 is 2.65 bits per heavy atom. The van der Waals surface area contributed by atoms with Gasteiger partial charge in [-0.25, -0.2) is 0 Å². The van der Waals surface area contributed by atoms with Crippen molar-refractivity contribution in [1.29, 1.82) is 0 Å². The summed E-state index contributed by atoms with van der Waals surface area (Å²) in [5.41, 5.74) is 2.88. The molecular formula is C16H23NO6. The molecule has 1 fully saturated rings. The second-order valence-corrected chi connectivity index (χ2v) is 6.04. The summed E-state index contributed by atoms with van der Waals surface area (Å²) in [7, 11) is 1.53. The van der Waals surface area contributed by atoms with Crippen LogP contribution < -0.4 is 10.1 Å². The summed E-state index contributed by atoms with van der Waals surface area (Å²) in [6, 6.07) is 3.82. The summed E-state index contributed by atoms with van der Waals surface area (Å²) in [6.45, 7) is 1.17. The molecular weight excluding hydrogens is 302 g/mol. The van der Waals surface area contributed by atoms with Crippen molar-refractivity contribution in [3.63, 3.8) is 0 Å². The van der Waals surface area contributed by atoms with Gasteiger partial charge in [0, 0.05) is 12.1 Å². The molecule has 1 aromatic rings. The maximum atomic E-state index is 10.3. The van der Waals surface area contributed by atoms with E-state index in [0.717, 1.165) is 30.6 Å². The molecule has 1 aromatic carbocycles. The molecule has 0 aromatic heterocycles. The third kappa shape index (κ3) is 2.96. The molecule has 0 radical (unpaired) electrons. The lowest BCUT2D eigenvalue weighted by atomic mass is 9.88. The Bertz CT molecular complexity index is 564. The number of nitrogens with one attached hydrogen (secondary N) is 1. The Hall–Kier alpha value is -1.22. The van der Waals surface area contributed by atoms with Crippen LogP contribution in [0.4, 0.5) is 0 Å². The molecule has 0 spiro atoms. The molecule has 0 bridgehead atoms. The van der Waals surface area contributed by atoms with Crippen molar-refractivity contribution < 1.29 is 29.9 Å². The van der Waals surface area contributed by atoms with Gasteiger partial charge in [-0.2, -0.15) is 0 Å². The topological polar surface area (TPSA) is 111 Å². The van der Waals surface area contributed by atoms with Crippen molar-refractivity contribution in [1.82, 2.24) is 5.32 Å². The molecule has 0 amide bonds. The SMILES string of the molecule is COc1cc2c(cc1[C@@H]1O[C@H](CO)[C@@H](O)[C@H](O)[C@H]1O)CCNC2. The van der Waals surface area contributed by atoms with Crippen LogP contribution in [0.15, 0.2) is 12.1 Å². The average molecular weight is 325 g/mol. The number of rotatable bonds is 3. The lowest BCUT2D eigenvalue weighted by Crippen LogP contribution is -2.55. The second-order valence-electron chi connectivity index (χ2n) is 6.04. The minimum atomic E-state index is -1.40. The molecule has 128 valence electrons. The maximum absolute atomic E-state index is 10.3. The van der Waals surface area contributed by atoms with Gasteiger partial charge in [-0.05, 0) is 36.2 Å². The highest BCUT2D eigenvalue weighted by molar-refractivity contribution is 5.45. The predicted molar refractivity (Wildman–Crippen MR) is 81.1 cm³/mol. The smallest absolute Gasteiger partial charge is 0.125 e. The van der Waals surface area contributed by atoms with Crippen molar-refractivity contribution in [2.24, 2.45) is 0 Å². The molecule has 0 saturated carbocycles. The molecule has 1 saturated heterocycles. The summed E-state index contributed by atoms with van der Waals surface area (Å²) in [6.07, 6.45) is -5.01. The van der Waals surface area contributed by atoms with Crippen LogP contribution in [0.25, 0.3) is 0 Å². The van der Waals surface area contributed by atoms with Crippen LogP contribution >= 0.6 is 0 Å². The van der Waals surface area contributed by atoms with Crippen LogP contribution in [0.5, 0.6) is 5.75 Å². The maximum Gasteiger partial charge on any atom is 0.125 e. The Kier molecular flexibility index (Phi) is 4.86. The summed E-state index contributed by atoms with van der Waals surface area (Å²) < 4.78 is 11.1. The highest BCUT2D eigenvalue weighted by Crippen LogP contribution is 2.38. The summed E-state index contributed by atoms with van der Waals surface area (Å²) >= 11 is 0. The largest absolute Gasteiger partial charge is 0.496 e. The Morgan fingerprint density at radius 2 is 1.96 bits per heavy atom. The minimum absolute atomic E-state index is 0.446. The van der Waals surface area contributed by atoms with E-state index < -0.39 is 37.1 Å². The molecule has 5 atom stereocenters. The molecule has 7 heteroatoms. The quantitative estimate of drug-likeness (QED) is 0.477. The van der Waals surface area contributed by atoms with Gasteiger partial charge in [0.15, 0.2) is 0 Å². The molecule has 5 N–H and O–H groups in total. The highest BCUT2D eigenvalue weighted by atomic mass is 16.5. The van der Waals surface area contributed by atoms with Gasteiger partial charge in [-0.3, -0.25) is 0 Å². The molecule has 2 heterocycles. The van der Waals surface area contributed by atoms with Crippen molar-refractivity contribution in [2.45, 2.75) is 43.5 Å². The first-order chi connectivity index (χ1) is 11.1. The van der Waals surface area contributed by atoms with Gasteiger partial charge in [-0.15, -0.1) is 0 Å². The first kappa shape index (κ1) is 16.6. The van der Waals surface area contributed by atoms with Crippen molar-refractivity contribution in [3.8, 4) is 5.75 Å². The van der Waals surface area contributed by atoms with E-state index in [-0.39, 0.29) is 0 Å². The molecule has 23 heavy (non-hydrogen) atoms. The number of aliphatic hydroxyl groups is 4. The fraction of sp³-hybridized carbons (Fsp3) is 0.625. The van der Waals surface area contributed by atoms with Gasteiger partial charge in [0.25, 0.3) is 0 Å². The van der Waals surface area contributed by atoms with E-state index in [9.17, 15) is 20.4 Å². The van der Waals surface area contributed by atoms with Gasteiger partial charge >= 0.3 is 0 Å². The average Bonchev–Trinajstić information content (AvgIpc) is 2.59. The Balaban J connectivity index is 1.99. The van der Waals surface area contributed by atoms with Crippen LogP contribution in [0.3, 0.4) is 0 Å². The van der Waals surface area contributed by atoms with E-state index in [2.05, 4.69) is 5.32 Å². The second kappa shape index (κ2) is 6.72. The summed E-state index contributed by atoms with van der Waals surface area (Å²) in [5, 5.41) is 42.8. The lowest BCUT2D eigenvalue weighted by Gasteiger charge is -2.40. The first-order valence-corrected chi connectivity index (χ1v) is 7.77. The number of ether oxygens (including phenoxy) is 2. The van der Waals surface area contributed by atoms with Crippen LogP contribution in [-0.2, 0) is 17.7 Å². The van der Waals surface area contributed by atoms with Gasteiger partial charge in [0.1, 0.15) is 36.3 Å². The van der Waals surface area contributed by atoms with E-state index in [1.54, 1.807) is 0 Å². The van der Waals surface area contributed by atoms with E-state index in [1.807, 2.05) is 12.1 Å². The zero-order valence-corrected chi connectivity index (χ0v) is 13.0. The third-order valence-corrected chi connectivity index (χ3v) is 4.64. The third-order valence-electron chi connectivity index (χ3n) is 4.64. The fourth-order valence-corrected chi connectivity index (χ4v) is 3.29. The van der Waals surface area contributed by atoms with Crippen molar-refractivity contribution in [3.05, 3.63) is 28.8 Å². The highest BCUT2D eigenvalue weighted by Gasteiger charge is 2.45. The molecule has 2 aliphatic heterocycles. The van der Waals surface area contributed by atoms with E-state index in [0.29, 0.717) is 11.3 Å². The number of methoxy groups -OCH3 is 1. The van der Waals surface area contributed by atoms with Gasteiger partial charge in [-0.1, -0.05) is 0 Å². The number of fused-ring (bicyclic) bond motifs is 1. The van der Waals surface area contributed by atoms with E-state index in [4.69, 9.17) is 9.47 Å². The lowest BCUT2D eigenvalue weighted by molar-refractivity contribution is -0.232. The van der Waals surface area contributed by atoms with Gasteiger partial charge in [0.2, 0.25) is 0 Å². The van der Waals surface area contributed by atoms with Crippen LogP contribution in [0.2, 0.25) is 0 Å². The van der Waals surface area contributed by atoms with Gasteiger partial charge in [0.05, 0.1) is 13.7 Å². The fourth-order valence-electron chi connectivity index (χ4n) is 3.29. The Morgan fingerprint density at radius 1 is 1.17 bits per heavy atom. The van der Waals surface area contributed by atoms with Crippen LogP contribution in [0.1, 0.15) is 22.8 Å². The first-order valence-electron chi connectivity index (χ1n) is 7.77. The van der Waals surface area contributed by atoms with Crippen molar-refractivity contribution in [2.75, 3.05) is 20.3 Å². The summed E-state index contributed by atoms with van der Waals surface area (Å²) in [4.78, 5) is 0. The van der Waals surface area contributed by atoms with Gasteiger partial charge < -0.3 is 35.2 Å². The van der Waals surface area contributed by atoms with Crippen molar-refractivity contribution >= 4 is 0 Å². The number of hydrogen-bond acceptors (Lipinski definition) is 7. The zero-order chi connectivity index (χ0) is 16.6. The molecule has 7 nitrogen and oxygen atoms in total. The van der Waals surface area contributed by atoms with Crippen LogP contribution in [0, 0.1) is 0 Å². The normalized spacial score (nSPS) is 34.0. The van der Waals surface area contributed by atoms with E-state index >= 15 is 0 Å².